The van der Waals surface area contributed by atoms with Crippen molar-refractivity contribution in [1.82, 2.24) is 4.90 Å². The van der Waals surface area contributed by atoms with Crippen LogP contribution in [0.25, 0.3) is 0 Å². The van der Waals surface area contributed by atoms with Gasteiger partial charge in [0.05, 0.1) is 52.9 Å². The minimum atomic E-state index is -0.644. The molecule has 4 aliphatic carbocycles. The van der Waals surface area contributed by atoms with Gasteiger partial charge in [-0.1, -0.05) is 36.4 Å². The van der Waals surface area contributed by atoms with E-state index in [0.717, 1.165) is 40.4 Å². The highest BCUT2D eigenvalue weighted by Gasteiger charge is 2.53. The molecule has 0 aliphatic heterocycles. The van der Waals surface area contributed by atoms with E-state index in [-0.39, 0.29) is 18.8 Å². The van der Waals surface area contributed by atoms with E-state index < -0.39 is 12.2 Å². The summed E-state index contributed by atoms with van der Waals surface area (Å²) < 4.78 is 22.7. The normalized spacial score (nSPS) is 27.1. The molecule has 4 fully saturated rings. The zero-order chi connectivity index (χ0) is 27.2. The van der Waals surface area contributed by atoms with Gasteiger partial charge in [0.2, 0.25) is 0 Å². The largest absolute Gasteiger partial charge is 0.496 e. The number of para-hydroxylation sites is 2. The van der Waals surface area contributed by atoms with Crippen molar-refractivity contribution in [2.45, 2.75) is 69.5 Å². The van der Waals surface area contributed by atoms with Gasteiger partial charge in [0.15, 0.2) is 0 Å². The highest BCUT2D eigenvalue weighted by Crippen LogP contribution is 2.57. The first-order chi connectivity index (χ1) is 19.0. The number of benzene rings is 2. The standard InChI is InChI=1S/C32H45NO6/c1-36-30-9-5-3-7-26(30)19-38-21-28(34)17-33(32-14-23-11-24(15-32)13-25(12-23)16-32)18-29(35)22-39-20-27-8-4-6-10-31(27)37-2/h3-10,23-25,28-29,34-35H,11-22H2,1-2H3. The number of β-amino-alcohol motifs (C(OH)–C–C–N with tert-alkyl or cyclic N) is 2. The van der Waals surface area contributed by atoms with E-state index in [1.54, 1.807) is 14.2 Å². The van der Waals surface area contributed by atoms with Gasteiger partial charge in [0.1, 0.15) is 11.5 Å². The van der Waals surface area contributed by atoms with Crippen LogP contribution in [-0.4, -0.2) is 73.4 Å². The number of rotatable bonds is 15. The molecule has 0 aromatic heterocycles. The average molecular weight is 540 g/mol. The van der Waals surface area contributed by atoms with Crippen LogP contribution in [0.5, 0.6) is 11.5 Å². The first kappa shape index (κ1) is 28.4. The number of aliphatic hydroxyl groups excluding tert-OH is 2. The number of hydrogen-bond donors (Lipinski definition) is 2. The second-order valence-electron chi connectivity index (χ2n) is 12.0. The second kappa shape index (κ2) is 13.0. The molecule has 2 aromatic carbocycles. The summed E-state index contributed by atoms with van der Waals surface area (Å²) in [6, 6.07) is 15.6. The summed E-state index contributed by atoms with van der Waals surface area (Å²) in [5.74, 6) is 3.90. The number of methoxy groups -OCH3 is 2. The number of nitrogens with zero attached hydrogens (tertiary/aromatic N) is 1. The quantitative estimate of drug-likeness (QED) is 0.347. The molecule has 0 radical (unpaired) electrons. The third-order valence-corrected chi connectivity index (χ3v) is 9.06. The number of hydrogen-bond acceptors (Lipinski definition) is 7. The van der Waals surface area contributed by atoms with Crippen LogP contribution in [-0.2, 0) is 22.7 Å². The lowest BCUT2D eigenvalue weighted by atomic mass is 9.52. The van der Waals surface area contributed by atoms with Gasteiger partial charge in [-0.25, -0.2) is 0 Å². The fourth-order valence-corrected chi connectivity index (χ4v) is 7.78. The molecular weight excluding hydrogens is 494 g/mol. The summed E-state index contributed by atoms with van der Waals surface area (Å²) in [5, 5.41) is 22.2. The van der Waals surface area contributed by atoms with Crippen molar-refractivity contribution >= 4 is 0 Å². The van der Waals surface area contributed by atoms with Crippen molar-refractivity contribution in [3.05, 3.63) is 59.7 Å². The third-order valence-electron chi connectivity index (χ3n) is 9.06. The molecule has 0 heterocycles. The zero-order valence-corrected chi connectivity index (χ0v) is 23.5. The van der Waals surface area contributed by atoms with Crippen LogP contribution in [0.1, 0.15) is 49.7 Å². The summed E-state index contributed by atoms with van der Waals surface area (Å²) in [4.78, 5) is 2.39. The summed E-state index contributed by atoms with van der Waals surface area (Å²) in [5.41, 5.74) is 1.99. The molecule has 2 atom stereocenters. The lowest BCUT2D eigenvalue weighted by Crippen LogP contribution is -2.62. The zero-order valence-electron chi connectivity index (χ0n) is 23.5. The second-order valence-corrected chi connectivity index (χ2v) is 12.0. The van der Waals surface area contributed by atoms with Crippen LogP contribution in [0.2, 0.25) is 0 Å². The number of aliphatic hydroxyl groups is 2. The molecule has 4 aliphatic rings. The Balaban J connectivity index is 1.19. The van der Waals surface area contributed by atoms with Gasteiger partial charge in [-0.15, -0.1) is 0 Å². The van der Waals surface area contributed by atoms with Gasteiger partial charge in [-0.3, -0.25) is 4.90 Å². The van der Waals surface area contributed by atoms with Crippen molar-refractivity contribution in [2.24, 2.45) is 17.8 Å². The Bertz CT molecular complexity index is 964. The molecule has 7 heteroatoms. The molecular formula is C32H45NO6. The first-order valence-electron chi connectivity index (χ1n) is 14.5. The summed E-state index contributed by atoms with van der Waals surface area (Å²) in [6.45, 7) is 2.22. The van der Waals surface area contributed by atoms with E-state index in [1.165, 1.54) is 38.5 Å². The van der Waals surface area contributed by atoms with E-state index in [9.17, 15) is 10.2 Å². The van der Waals surface area contributed by atoms with Crippen molar-refractivity contribution in [2.75, 3.05) is 40.5 Å². The summed E-state index contributed by atoms with van der Waals surface area (Å²) in [6.07, 6.45) is 6.27. The smallest absolute Gasteiger partial charge is 0.124 e. The molecule has 2 N–H and O–H groups in total. The van der Waals surface area contributed by atoms with Gasteiger partial charge >= 0.3 is 0 Å². The predicted molar refractivity (Wildman–Crippen MR) is 150 cm³/mol. The van der Waals surface area contributed by atoms with Crippen molar-refractivity contribution in [3.8, 4) is 11.5 Å². The Morgan fingerprint density at radius 3 is 1.54 bits per heavy atom. The third kappa shape index (κ3) is 6.95. The Labute approximate surface area is 233 Å². The van der Waals surface area contributed by atoms with Gasteiger partial charge in [0.25, 0.3) is 0 Å². The molecule has 7 nitrogen and oxygen atoms in total. The van der Waals surface area contributed by atoms with Gasteiger partial charge in [-0.05, 0) is 68.4 Å². The van der Waals surface area contributed by atoms with Crippen molar-refractivity contribution < 1.29 is 29.2 Å². The fourth-order valence-electron chi connectivity index (χ4n) is 7.78. The van der Waals surface area contributed by atoms with Gasteiger partial charge < -0.3 is 29.2 Å². The van der Waals surface area contributed by atoms with E-state index in [4.69, 9.17) is 18.9 Å². The van der Waals surface area contributed by atoms with Crippen LogP contribution in [0.15, 0.2) is 48.5 Å². The Morgan fingerprint density at radius 2 is 1.13 bits per heavy atom. The van der Waals surface area contributed by atoms with E-state index in [1.807, 2.05) is 48.5 Å². The molecule has 214 valence electrons. The van der Waals surface area contributed by atoms with E-state index >= 15 is 0 Å². The topological polar surface area (TPSA) is 80.6 Å². The average Bonchev–Trinajstić information content (AvgIpc) is 2.92. The molecule has 2 aromatic rings. The van der Waals surface area contributed by atoms with E-state index in [0.29, 0.717) is 26.3 Å². The maximum Gasteiger partial charge on any atom is 0.124 e. The molecule has 0 saturated heterocycles. The molecule has 39 heavy (non-hydrogen) atoms. The highest BCUT2D eigenvalue weighted by molar-refractivity contribution is 5.33. The predicted octanol–water partition coefficient (Wildman–Crippen LogP) is 4.43. The number of ether oxygens (including phenoxy) is 4. The monoisotopic (exact) mass is 539 g/mol. The first-order valence-corrected chi connectivity index (χ1v) is 14.5. The van der Waals surface area contributed by atoms with Crippen LogP contribution < -0.4 is 9.47 Å². The SMILES string of the molecule is COc1ccccc1COCC(O)CN(CC(O)COCc1ccccc1OC)C12CC3CC(CC(C3)C1)C2. The Morgan fingerprint density at radius 1 is 0.718 bits per heavy atom. The van der Waals surface area contributed by atoms with Gasteiger partial charge in [-0.2, -0.15) is 0 Å². The van der Waals surface area contributed by atoms with Crippen LogP contribution >= 0.6 is 0 Å². The van der Waals surface area contributed by atoms with Crippen molar-refractivity contribution in [1.29, 1.82) is 0 Å². The minimum Gasteiger partial charge on any atom is -0.496 e. The molecule has 0 spiro atoms. The Kier molecular flexibility index (Phi) is 9.46. The fraction of sp³-hybridized carbons (Fsp3) is 0.625. The van der Waals surface area contributed by atoms with Crippen LogP contribution in [0.4, 0.5) is 0 Å². The highest BCUT2D eigenvalue weighted by atomic mass is 16.5. The van der Waals surface area contributed by atoms with Gasteiger partial charge in [0, 0.05) is 29.8 Å². The maximum absolute atomic E-state index is 11.1. The molecule has 4 bridgehead atoms. The molecule has 2 unspecified atom stereocenters. The lowest BCUT2D eigenvalue weighted by Gasteiger charge is -2.61. The Hall–Kier alpha value is -2.16. The van der Waals surface area contributed by atoms with Crippen LogP contribution in [0, 0.1) is 17.8 Å². The lowest BCUT2D eigenvalue weighted by molar-refractivity contribution is -0.119. The maximum atomic E-state index is 11.1. The molecule has 4 saturated carbocycles. The summed E-state index contributed by atoms with van der Waals surface area (Å²) in [7, 11) is 3.31. The van der Waals surface area contributed by atoms with E-state index in [2.05, 4.69) is 4.90 Å². The van der Waals surface area contributed by atoms with Crippen LogP contribution in [0.3, 0.4) is 0 Å². The summed E-state index contributed by atoms with van der Waals surface area (Å²) >= 11 is 0. The molecule has 6 rings (SSSR count). The molecule has 0 amide bonds. The minimum absolute atomic E-state index is 0.0576. The van der Waals surface area contributed by atoms with Crippen molar-refractivity contribution in [3.63, 3.8) is 0 Å².